The van der Waals surface area contributed by atoms with Crippen molar-refractivity contribution in [2.45, 2.75) is 65.1 Å². The first kappa shape index (κ1) is 10.8. The van der Waals surface area contributed by atoms with Crippen LogP contribution in [0.2, 0.25) is 0 Å². The van der Waals surface area contributed by atoms with Gasteiger partial charge in [0.25, 0.3) is 0 Å². The van der Waals surface area contributed by atoms with Crippen LogP contribution < -0.4 is 0 Å². The maximum Gasteiger partial charge on any atom is 0.0677 e. The highest BCUT2D eigenvalue weighted by Crippen LogP contribution is 2.55. The molecular formula is C15H24O. The predicted molar refractivity (Wildman–Crippen MR) is 66.3 cm³/mol. The van der Waals surface area contributed by atoms with Gasteiger partial charge in [0.05, 0.1) is 11.7 Å². The van der Waals surface area contributed by atoms with Gasteiger partial charge in [-0.3, -0.25) is 0 Å². The minimum Gasteiger partial charge on any atom is -0.371 e. The molecule has 1 heterocycles. The van der Waals surface area contributed by atoms with Gasteiger partial charge in [-0.05, 0) is 58.3 Å². The zero-order valence-electron chi connectivity index (χ0n) is 11.0. The molecule has 0 aromatic rings. The molecule has 0 spiro atoms. The molecular weight excluding hydrogens is 196 g/mol. The molecule has 1 saturated heterocycles. The lowest BCUT2D eigenvalue weighted by Gasteiger charge is -2.39. The number of hydrogen-bond donors (Lipinski definition) is 0. The number of rotatable bonds is 0. The van der Waals surface area contributed by atoms with E-state index in [4.69, 9.17) is 4.74 Å². The molecule has 1 nitrogen and oxygen atoms in total. The van der Waals surface area contributed by atoms with Crippen LogP contribution >= 0.6 is 0 Å². The monoisotopic (exact) mass is 220 g/mol. The smallest absolute Gasteiger partial charge is 0.0677 e. The predicted octanol–water partition coefficient (Wildman–Crippen LogP) is 3.94. The van der Waals surface area contributed by atoms with E-state index in [0.717, 1.165) is 17.8 Å². The molecule has 0 radical (unpaired) electrons. The summed E-state index contributed by atoms with van der Waals surface area (Å²) in [5.74, 6) is 2.29. The molecule has 90 valence electrons. The van der Waals surface area contributed by atoms with Crippen molar-refractivity contribution in [2.75, 3.05) is 0 Å². The van der Waals surface area contributed by atoms with Crippen LogP contribution in [0.25, 0.3) is 0 Å². The van der Waals surface area contributed by atoms with Gasteiger partial charge in [-0.15, -0.1) is 0 Å². The number of hydrogen-bond acceptors (Lipinski definition) is 1. The van der Waals surface area contributed by atoms with Crippen LogP contribution in [0.3, 0.4) is 0 Å². The van der Waals surface area contributed by atoms with Gasteiger partial charge in [-0.25, -0.2) is 0 Å². The summed E-state index contributed by atoms with van der Waals surface area (Å²) in [5, 5.41) is 0. The fourth-order valence-electron chi connectivity index (χ4n) is 4.36. The van der Waals surface area contributed by atoms with Crippen LogP contribution in [0.15, 0.2) is 11.1 Å². The van der Waals surface area contributed by atoms with Gasteiger partial charge in [0.1, 0.15) is 0 Å². The number of allylic oxidation sites excluding steroid dienone is 1. The first-order valence-corrected chi connectivity index (χ1v) is 6.87. The Hall–Kier alpha value is -0.300. The van der Waals surface area contributed by atoms with Gasteiger partial charge < -0.3 is 4.74 Å². The van der Waals surface area contributed by atoms with Crippen molar-refractivity contribution in [3.63, 3.8) is 0 Å². The van der Waals surface area contributed by atoms with E-state index < -0.39 is 0 Å². The lowest BCUT2D eigenvalue weighted by atomic mass is 9.63. The van der Waals surface area contributed by atoms with E-state index in [-0.39, 0.29) is 5.60 Å². The maximum atomic E-state index is 6.39. The highest BCUT2D eigenvalue weighted by molar-refractivity contribution is 5.27. The maximum absolute atomic E-state index is 6.39. The second kappa shape index (κ2) is 3.35. The van der Waals surface area contributed by atoms with Crippen LogP contribution in [-0.4, -0.2) is 11.7 Å². The molecule has 2 aliphatic carbocycles. The normalized spacial score (nSPS) is 45.8. The quantitative estimate of drug-likeness (QED) is 0.562. The first-order valence-electron chi connectivity index (χ1n) is 6.87. The second-order valence-corrected chi connectivity index (χ2v) is 6.68. The Kier molecular flexibility index (Phi) is 2.27. The number of ether oxygens (including phenoxy) is 1. The van der Waals surface area contributed by atoms with E-state index in [1.165, 1.54) is 25.7 Å². The Morgan fingerprint density at radius 3 is 2.69 bits per heavy atom. The van der Waals surface area contributed by atoms with Crippen molar-refractivity contribution in [2.24, 2.45) is 17.8 Å². The third kappa shape index (κ3) is 1.33. The average molecular weight is 220 g/mol. The zero-order valence-corrected chi connectivity index (χ0v) is 11.0. The summed E-state index contributed by atoms with van der Waals surface area (Å²) in [6.45, 7) is 9.34. The van der Waals surface area contributed by atoms with E-state index >= 15 is 0 Å². The molecule has 16 heavy (non-hydrogen) atoms. The van der Waals surface area contributed by atoms with Crippen LogP contribution in [0.4, 0.5) is 0 Å². The molecule has 1 unspecified atom stereocenters. The minimum absolute atomic E-state index is 0.111. The standard InChI is InChI=1S/C15H24O/c1-9-6-8-12-13-11(9)7-5-10(2)14(13)16-15(12,3)4/h10,12-14H,5-8H2,1-4H3/t10-,12+,13+,14?/m0/s1. The van der Waals surface area contributed by atoms with Crippen LogP contribution in [0.5, 0.6) is 0 Å². The van der Waals surface area contributed by atoms with Crippen molar-refractivity contribution in [1.29, 1.82) is 0 Å². The summed E-state index contributed by atoms with van der Waals surface area (Å²) in [5.41, 5.74) is 3.56. The van der Waals surface area contributed by atoms with E-state index in [1.54, 1.807) is 11.1 Å². The molecule has 1 saturated carbocycles. The van der Waals surface area contributed by atoms with Gasteiger partial charge in [0.15, 0.2) is 0 Å². The Morgan fingerprint density at radius 2 is 1.94 bits per heavy atom. The van der Waals surface area contributed by atoms with E-state index in [2.05, 4.69) is 27.7 Å². The molecule has 0 aromatic carbocycles. The van der Waals surface area contributed by atoms with Crippen molar-refractivity contribution >= 4 is 0 Å². The summed E-state index contributed by atoms with van der Waals surface area (Å²) in [6, 6.07) is 0. The largest absolute Gasteiger partial charge is 0.371 e. The third-order valence-corrected chi connectivity index (χ3v) is 5.33. The van der Waals surface area contributed by atoms with Gasteiger partial charge in [-0.2, -0.15) is 0 Å². The minimum atomic E-state index is 0.111. The Balaban J connectivity index is 2.04. The van der Waals surface area contributed by atoms with Crippen molar-refractivity contribution in [1.82, 2.24) is 0 Å². The molecule has 3 aliphatic rings. The lowest BCUT2D eigenvalue weighted by Crippen LogP contribution is -2.36. The third-order valence-electron chi connectivity index (χ3n) is 5.33. The van der Waals surface area contributed by atoms with Crippen LogP contribution in [0, 0.1) is 17.8 Å². The first-order chi connectivity index (χ1) is 7.50. The van der Waals surface area contributed by atoms with E-state index in [0.29, 0.717) is 6.10 Å². The molecule has 0 bridgehead atoms. The summed E-state index contributed by atoms with van der Waals surface area (Å²) >= 11 is 0. The molecule has 3 rings (SSSR count). The summed E-state index contributed by atoms with van der Waals surface area (Å²) in [7, 11) is 0. The van der Waals surface area contributed by atoms with Crippen molar-refractivity contribution in [3.05, 3.63) is 11.1 Å². The van der Waals surface area contributed by atoms with Crippen LogP contribution in [-0.2, 0) is 4.74 Å². The van der Waals surface area contributed by atoms with Gasteiger partial charge in [-0.1, -0.05) is 18.1 Å². The van der Waals surface area contributed by atoms with E-state index in [1.807, 2.05) is 0 Å². The Bertz CT molecular complexity index is 339. The highest BCUT2D eigenvalue weighted by Gasteiger charge is 2.54. The molecule has 1 heteroatoms. The summed E-state index contributed by atoms with van der Waals surface area (Å²) < 4.78 is 6.39. The zero-order chi connectivity index (χ0) is 11.5. The second-order valence-electron chi connectivity index (χ2n) is 6.68. The van der Waals surface area contributed by atoms with E-state index in [9.17, 15) is 0 Å². The molecule has 0 aromatic heterocycles. The molecule has 2 fully saturated rings. The molecule has 0 N–H and O–H groups in total. The highest BCUT2D eigenvalue weighted by atomic mass is 16.5. The molecule has 1 aliphatic heterocycles. The average Bonchev–Trinajstić information content (AvgIpc) is 2.49. The fraction of sp³-hybridized carbons (Fsp3) is 0.867. The van der Waals surface area contributed by atoms with Gasteiger partial charge in [0, 0.05) is 5.92 Å². The SMILES string of the molecule is CC1=C2CC[C@H](C)C3OC(C)(C)[C@H](CC1)[C@@H]23. The van der Waals surface area contributed by atoms with Crippen molar-refractivity contribution < 1.29 is 4.74 Å². The summed E-state index contributed by atoms with van der Waals surface area (Å²) in [4.78, 5) is 0. The molecule has 4 atom stereocenters. The Labute approximate surface area is 99.3 Å². The Morgan fingerprint density at radius 1 is 1.19 bits per heavy atom. The van der Waals surface area contributed by atoms with Crippen LogP contribution in [0.1, 0.15) is 53.4 Å². The van der Waals surface area contributed by atoms with Gasteiger partial charge >= 0.3 is 0 Å². The summed E-state index contributed by atoms with van der Waals surface area (Å²) in [6.07, 6.45) is 5.83. The van der Waals surface area contributed by atoms with Crippen molar-refractivity contribution in [3.8, 4) is 0 Å². The molecule has 0 amide bonds. The lowest BCUT2D eigenvalue weighted by molar-refractivity contribution is -0.0563. The topological polar surface area (TPSA) is 9.23 Å². The fourth-order valence-corrected chi connectivity index (χ4v) is 4.36. The van der Waals surface area contributed by atoms with Gasteiger partial charge in [0.2, 0.25) is 0 Å².